The summed E-state index contributed by atoms with van der Waals surface area (Å²) in [4.78, 5) is 12.2. The first-order valence-electron chi connectivity index (χ1n) is 8.10. The van der Waals surface area contributed by atoms with Crippen molar-refractivity contribution in [2.75, 3.05) is 11.9 Å². The van der Waals surface area contributed by atoms with E-state index < -0.39 is 0 Å². The fourth-order valence-corrected chi connectivity index (χ4v) is 2.31. The summed E-state index contributed by atoms with van der Waals surface area (Å²) in [5, 5.41) is 5.86. The maximum Gasteiger partial charge on any atom is 0.257 e. The number of amides is 1. The van der Waals surface area contributed by atoms with Crippen LogP contribution in [0.4, 0.5) is 5.69 Å². The minimum atomic E-state index is -0.277. The van der Waals surface area contributed by atoms with Crippen molar-refractivity contribution in [1.29, 1.82) is 0 Å². The SMILES string of the molecule is CCOc1ccc(C(=O)NC(=S)Nc2ccc(OC(C)C)cc2)cc1. The summed E-state index contributed by atoms with van der Waals surface area (Å²) in [5.41, 5.74) is 1.28. The topological polar surface area (TPSA) is 59.6 Å². The molecule has 0 fully saturated rings. The number of hydrogen-bond donors (Lipinski definition) is 2. The first-order chi connectivity index (χ1) is 12.0. The van der Waals surface area contributed by atoms with E-state index in [9.17, 15) is 4.79 Å². The lowest BCUT2D eigenvalue weighted by molar-refractivity contribution is 0.0977. The van der Waals surface area contributed by atoms with Crippen molar-refractivity contribution in [1.82, 2.24) is 5.32 Å². The molecule has 2 rings (SSSR count). The average Bonchev–Trinajstić information content (AvgIpc) is 2.57. The third kappa shape index (κ3) is 6.08. The minimum absolute atomic E-state index is 0.119. The van der Waals surface area contributed by atoms with Gasteiger partial charge in [-0.25, -0.2) is 0 Å². The molecule has 132 valence electrons. The molecule has 0 atom stereocenters. The van der Waals surface area contributed by atoms with Crippen molar-refractivity contribution >= 4 is 28.9 Å². The Morgan fingerprint density at radius 2 is 1.64 bits per heavy atom. The van der Waals surface area contributed by atoms with Crippen LogP contribution in [-0.2, 0) is 0 Å². The first kappa shape index (κ1) is 18.7. The highest BCUT2D eigenvalue weighted by molar-refractivity contribution is 7.80. The van der Waals surface area contributed by atoms with E-state index >= 15 is 0 Å². The second kappa shape index (κ2) is 9.03. The van der Waals surface area contributed by atoms with Crippen molar-refractivity contribution in [3.8, 4) is 11.5 Å². The molecular formula is C19H22N2O3S. The molecule has 0 saturated heterocycles. The van der Waals surface area contributed by atoms with Gasteiger partial charge >= 0.3 is 0 Å². The monoisotopic (exact) mass is 358 g/mol. The molecule has 0 aliphatic carbocycles. The molecule has 0 heterocycles. The van der Waals surface area contributed by atoms with Crippen molar-refractivity contribution in [2.45, 2.75) is 26.9 Å². The van der Waals surface area contributed by atoms with E-state index in [1.807, 2.05) is 45.0 Å². The van der Waals surface area contributed by atoms with Crippen LogP contribution in [0.2, 0.25) is 0 Å². The number of rotatable bonds is 6. The Labute approximate surface area is 153 Å². The summed E-state index contributed by atoms with van der Waals surface area (Å²) in [5.74, 6) is 1.23. The molecule has 0 aliphatic heterocycles. The van der Waals surface area contributed by atoms with Gasteiger partial charge in [0, 0.05) is 11.3 Å². The molecule has 0 aliphatic rings. The first-order valence-corrected chi connectivity index (χ1v) is 8.50. The number of ether oxygens (including phenoxy) is 2. The van der Waals surface area contributed by atoms with Crippen molar-refractivity contribution in [2.24, 2.45) is 0 Å². The molecule has 2 aromatic carbocycles. The Hall–Kier alpha value is -2.60. The Balaban J connectivity index is 1.89. The highest BCUT2D eigenvalue weighted by atomic mass is 32.1. The molecule has 5 nitrogen and oxygen atoms in total. The van der Waals surface area contributed by atoms with Crippen molar-refractivity contribution < 1.29 is 14.3 Å². The second-order valence-electron chi connectivity index (χ2n) is 5.56. The smallest absolute Gasteiger partial charge is 0.257 e. The lowest BCUT2D eigenvalue weighted by atomic mass is 10.2. The van der Waals surface area contributed by atoms with Gasteiger partial charge < -0.3 is 14.8 Å². The summed E-state index contributed by atoms with van der Waals surface area (Å²) in [7, 11) is 0. The fraction of sp³-hybridized carbons (Fsp3) is 0.263. The molecule has 2 N–H and O–H groups in total. The maximum absolute atomic E-state index is 12.2. The van der Waals surface area contributed by atoms with Crippen LogP contribution in [0.15, 0.2) is 48.5 Å². The van der Waals surface area contributed by atoms with Gasteiger partial charge in [-0.15, -0.1) is 0 Å². The molecular weight excluding hydrogens is 336 g/mol. The zero-order chi connectivity index (χ0) is 18.2. The van der Waals surface area contributed by atoms with Crippen molar-refractivity contribution in [3.05, 3.63) is 54.1 Å². The van der Waals surface area contributed by atoms with E-state index in [-0.39, 0.29) is 17.1 Å². The van der Waals surface area contributed by atoms with Gasteiger partial charge in [0.25, 0.3) is 5.91 Å². The zero-order valence-corrected chi connectivity index (χ0v) is 15.4. The molecule has 0 radical (unpaired) electrons. The highest BCUT2D eigenvalue weighted by Crippen LogP contribution is 2.17. The highest BCUT2D eigenvalue weighted by Gasteiger charge is 2.08. The van der Waals surface area contributed by atoms with Crippen LogP contribution in [0, 0.1) is 0 Å². The summed E-state index contributed by atoms with van der Waals surface area (Å²) in [6.07, 6.45) is 0.119. The van der Waals surface area contributed by atoms with Crippen molar-refractivity contribution in [3.63, 3.8) is 0 Å². The van der Waals surface area contributed by atoms with Gasteiger partial charge in [0.2, 0.25) is 0 Å². The van der Waals surface area contributed by atoms with Crippen LogP contribution in [0.25, 0.3) is 0 Å². The molecule has 0 unspecified atom stereocenters. The molecule has 0 spiro atoms. The van der Waals surface area contributed by atoms with Crippen LogP contribution in [0.5, 0.6) is 11.5 Å². The minimum Gasteiger partial charge on any atom is -0.494 e. The lowest BCUT2D eigenvalue weighted by Gasteiger charge is -2.12. The van der Waals surface area contributed by atoms with E-state index in [0.717, 1.165) is 17.2 Å². The third-order valence-electron chi connectivity index (χ3n) is 3.14. The Morgan fingerprint density at radius 1 is 1.04 bits per heavy atom. The maximum atomic E-state index is 12.2. The van der Waals surface area contributed by atoms with Gasteiger partial charge in [-0.3, -0.25) is 10.1 Å². The van der Waals surface area contributed by atoms with E-state index in [1.54, 1.807) is 24.3 Å². The fourth-order valence-electron chi connectivity index (χ4n) is 2.10. The molecule has 0 saturated carbocycles. The van der Waals surface area contributed by atoms with Gasteiger partial charge in [0.05, 0.1) is 12.7 Å². The summed E-state index contributed by atoms with van der Waals surface area (Å²) < 4.78 is 10.9. The van der Waals surface area contributed by atoms with Gasteiger partial charge in [0.1, 0.15) is 11.5 Å². The molecule has 0 aromatic heterocycles. The number of hydrogen-bond acceptors (Lipinski definition) is 4. The third-order valence-corrected chi connectivity index (χ3v) is 3.34. The number of anilines is 1. The summed E-state index contributed by atoms with van der Waals surface area (Å²) >= 11 is 5.18. The molecule has 2 aromatic rings. The van der Waals surface area contributed by atoms with E-state index in [2.05, 4.69) is 10.6 Å². The summed E-state index contributed by atoms with van der Waals surface area (Å²) in [6.45, 7) is 6.43. The number of carbonyl (C=O) groups is 1. The van der Waals surface area contributed by atoms with Gasteiger partial charge in [0.15, 0.2) is 5.11 Å². The van der Waals surface area contributed by atoms with E-state index in [4.69, 9.17) is 21.7 Å². The standard InChI is InChI=1S/C19H22N2O3S/c1-4-23-16-9-5-14(6-10-16)18(22)21-19(25)20-15-7-11-17(12-8-15)24-13(2)3/h5-13H,4H2,1-3H3,(H2,20,21,22,25). The van der Waals surface area contributed by atoms with Gasteiger partial charge in [-0.1, -0.05) is 0 Å². The number of carbonyl (C=O) groups excluding carboxylic acids is 1. The van der Waals surface area contributed by atoms with E-state index in [1.165, 1.54) is 0 Å². The largest absolute Gasteiger partial charge is 0.494 e. The normalized spacial score (nSPS) is 10.2. The molecule has 6 heteroatoms. The predicted molar refractivity (Wildman–Crippen MR) is 104 cm³/mol. The summed E-state index contributed by atoms with van der Waals surface area (Å²) in [6, 6.07) is 14.3. The van der Waals surface area contributed by atoms with Crippen LogP contribution in [0.1, 0.15) is 31.1 Å². The predicted octanol–water partition coefficient (Wildman–Crippen LogP) is 4.00. The zero-order valence-electron chi connectivity index (χ0n) is 14.5. The average molecular weight is 358 g/mol. The van der Waals surface area contributed by atoms with Crippen LogP contribution < -0.4 is 20.1 Å². The Kier molecular flexibility index (Phi) is 6.77. The van der Waals surface area contributed by atoms with Gasteiger partial charge in [-0.05, 0) is 81.5 Å². The number of thiocarbonyl (C=S) groups is 1. The van der Waals surface area contributed by atoms with Crippen LogP contribution >= 0.6 is 12.2 Å². The van der Waals surface area contributed by atoms with Crippen LogP contribution in [0.3, 0.4) is 0 Å². The molecule has 0 bridgehead atoms. The molecule has 25 heavy (non-hydrogen) atoms. The Bertz CT molecular complexity index is 712. The molecule has 1 amide bonds. The number of nitrogens with one attached hydrogen (secondary N) is 2. The quantitative estimate of drug-likeness (QED) is 0.765. The number of benzene rings is 2. The second-order valence-corrected chi connectivity index (χ2v) is 5.96. The van der Waals surface area contributed by atoms with Crippen LogP contribution in [-0.4, -0.2) is 23.7 Å². The lowest BCUT2D eigenvalue weighted by Crippen LogP contribution is -2.34. The Morgan fingerprint density at radius 3 is 2.20 bits per heavy atom. The van der Waals surface area contributed by atoms with E-state index in [0.29, 0.717) is 12.2 Å². The van der Waals surface area contributed by atoms with Gasteiger partial charge in [-0.2, -0.15) is 0 Å².